The summed E-state index contributed by atoms with van der Waals surface area (Å²) in [5.41, 5.74) is 0. The Balaban J connectivity index is 4.38. The highest BCUT2D eigenvalue weighted by molar-refractivity contribution is 5.67. The Hall–Kier alpha value is -1.89. The number of hydrogen-bond acceptors (Lipinski definition) is 3. The summed E-state index contributed by atoms with van der Waals surface area (Å²) in [5.74, 6) is -2.49. The largest absolute Gasteiger partial charge is 0.481 e. The lowest BCUT2D eigenvalue weighted by Gasteiger charge is -2.39. The molecule has 0 aliphatic carbocycles. The van der Waals surface area contributed by atoms with Crippen LogP contribution in [0.25, 0.3) is 0 Å². The molecule has 0 aromatic carbocycles. The third-order valence-electron chi connectivity index (χ3n) is 6.96. The van der Waals surface area contributed by atoms with E-state index in [9.17, 15) is 14.4 Å². The molecular formula is C29H54NO6+. The van der Waals surface area contributed by atoms with Crippen LogP contribution in [-0.4, -0.2) is 63.9 Å². The highest BCUT2D eigenvalue weighted by Crippen LogP contribution is 2.18. The fourth-order valence-electron chi connectivity index (χ4n) is 4.89. The third-order valence-corrected chi connectivity index (χ3v) is 6.96. The molecule has 0 fully saturated rings. The highest BCUT2D eigenvalue weighted by Gasteiger charge is 2.27. The molecule has 0 radical (unpaired) electrons. The molecule has 0 atom stereocenters. The van der Waals surface area contributed by atoms with E-state index in [4.69, 9.17) is 15.3 Å². The van der Waals surface area contributed by atoms with Gasteiger partial charge in [-0.2, -0.15) is 0 Å². The Kier molecular flexibility index (Phi) is 22.3. The first-order valence-electron chi connectivity index (χ1n) is 14.5. The molecule has 0 amide bonds. The second-order valence-corrected chi connectivity index (χ2v) is 10.3. The minimum atomic E-state index is -0.829. The molecule has 0 aromatic heterocycles. The first-order chi connectivity index (χ1) is 17.3. The van der Waals surface area contributed by atoms with Gasteiger partial charge in [0, 0.05) is 19.3 Å². The van der Waals surface area contributed by atoms with Crippen LogP contribution in [0.4, 0.5) is 0 Å². The van der Waals surface area contributed by atoms with Crippen molar-refractivity contribution in [2.75, 3.05) is 26.2 Å². The molecule has 0 bridgehead atoms. The van der Waals surface area contributed by atoms with Gasteiger partial charge < -0.3 is 19.8 Å². The predicted molar refractivity (Wildman–Crippen MR) is 145 cm³/mol. The van der Waals surface area contributed by atoms with Crippen LogP contribution in [0.5, 0.6) is 0 Å². The number of rotatable bonds is 27. The smallest absolute Gasteiger partial charge is 0.303 e. The van der Waals surface area contributed by atoms with Gasteiger partial charge in [0.15, 0.2) is 0 Å². The van der Waals surface area contributed by atoms with Crippen molar-refractivity contribution in [1.29, 1.82) is 0 Å². The average Bonchev–Trinajstić information content (AvgIpc) is 2.80. The lowest BCUT2D eigenvalue weighted by molar-refractivity contribution is -0.929. The average molecular weight is 513 g/mol. The number of nitrogens with zero attached hydrogens (tertiary/aromatic N) is 1. The molecule has 0 spiro atoms. The van der Waals surface area contributed by atoms with E-state index in [1.54, 1.807) is 0 Å². The normalized spacial score (nSPS) is 11.8. The number of allylic oxidation sites excluding steroid dienone is 2. The number of carbonyl (C=O) groups is 3. The monoisotopic (exact) mass is 512 g/mol. The van der Waals surface area contributed by atoms with Gasteiger partial charge in [0.05, 0.1) is 45.4 Å². The topological polar surface area (TPSA) is 112 Å². The van der Waals surface area contributed by atoms with Gasteiger partial charge in [0.1, 0.15) is 0 Å². The van der Waals surface area contributed by atoms with Crippen molar-refractivity contribution in [2.24, 2.45) is 0 Å². The summed E-state index contributed by atoms with van der Waals surface area (Å²) in [5, 5.41) is 27.2. The van der Waals surface area contributed by atoms with Crippen LogP contribution in [0.15, 0.2) is 12.2 Å². The summed E-state index contributed by atoms with van der Waals surface area (Å²) in [6.07, 6.45) is 22.5. The predicted octanol–water partition coefficient (Wildman–Crippen LogP) is 7.05. The van der Waals surface area contributed by atoms with Crippen molar-refractivity contribution in [3.8, 4) is 0 Å². The van der Waals surface area contributed by atoms with Crippen molar-refractivity contribution in [2.45, 2.75) is 129 Å². The highest BCUT2D eigenvalue weighted by atomic mass is 16.4. The Morgan fingerprint density at radius 1 is 0.500 bits per heavy atom. The standard InChI is InChI=1S/C29H53NO6/c1-2-3-4-5-6-7-8-9-10-11-12-13-14-15-16-23-30(24-17-20-27(31)32,25-18-21-28(33)34)26-19-22-29(35)36/h10-11H,2-9,12-26H2,1H3,(H2-,31,32,33,34,35,36)/p+1/b11-10+. The van der Waals surface area contributed by atoms with E-state index in [0.29, 0.717) is 43.4 Å². The van der Waals surface area contributed by atoms with E-state index >= 15 is 0 Å². The number of hydrogen-bond donors (Lipinski definition) is 3. The van der Waals surface area contributed by atoms with Crippen LogP contribution in [0.2, 0.25) is 0 Å². The molecule has 36 heavy (non-hydrogen) atoms. The summed E-state index contributed by atoms with van der Waals surface area (Å²) in [6, 6.07) is 0. The summed E-state index contributed by atoms with van der Waals surface area (Å²) >= 11 is 0. The van der Waals surface area contributed by atoms with Gasteiger partial charge in [-0.1, -0.05) is 64.0 Å². The molecule has 0 heterocycles. The van der Waals surface area contributed by atoms with Crippen molar-refractivity contribution in [3.63, 3.8) is 0 Å². The zero-order chi connectivity index (χ0) is 26.9. The summed E-state index contributed by atoms with van der Waals surface area (Å²) in [4.78, 5) is 33.1. The molecule has 0 aliphatic rings. The van der Waals surface area contributed by atoms with Crippen LogP contribution >= 0.6 is 0 Å². The fraction of sp³-hybridized carbons (Fsp3) is 0.828. The second kappa shape index (κ2) is 23.5. The van der Waals surface area contributed by atoms with Gasteiger partial charge in [-0.25, -0.2) is 0 Å². The lowest BCUT2D eigenvalue weighted by atomic mass is 10.1. The molecule has 0 unspecified atom stereocenters. The van der Waals surface area contributed by atoms with Gasteiger partial charge in [0.2, 0.25) is 0 Å². The Bertz CT molecular complexity index is 554. The molecule has 0 rings (SSSR count). The molecule has 0 saturated heterocycles. The molecule has 0 aliphatic heterocycles. The van der Waals surface area contributed by atoms with Gasteiger partial charge >= 0.3 is 17.9 Å². The van der Waals surface area contributed by atoms with Gasteiger partial charge in [-0.3, -0.25) is 14.4 Å². The van der Waals surface area contributed by atoms with Crippen molar-refractivity contribution in [3.05, 3.63) is 12.2 Å². The van der Waals surface area contributed by atoms with Crippen LogP contribution in [-0.2, 0) is 14.4 Å². The van der Waals surface area contributed by atoms with E-state index in [2.05, 4.69) is 19.1 Å². The Morgan fingerprint density at radius 3 is 1.22 bits per heavy atom. The first kappa shape index (κ1) is 34.1. The molecule has 7 nitrogen and oxygen atoms in total. The molecule has 0 aromatic rings. The van der Waals surface area contributed by atoms with Crippen molar-refractivity contribution >= 4 is 17.9 Å². The zero-order valence-electron chi connectivity index (χ0n) is 22.9. The lowest BCUT2D eigenvalue weighted by Crippen LogP contribution is -2.51. The van der Waals surface area contributed by atoms with Crippen LogP contribution in [0.1, 0.15) is 129 Å². The minimum absolute atomic E-state index is 0.0864. The quantitative estimate of drug-likeness (QED) is 0.0618. The number of aliphatic carboxylic acids is 3. The summed E-state index contributed by atoms with van der Waals surface area (Å²) in [6.45, 7) is 5.08. The van der Waals surface area contributed by atoms with Crippen LogP contribution in [0, 0.1) is 0 Å². The molecular weight excluding hydrogens is 458 g/mol. The number of carboxylic acid groups (broad SMARTS) is 3. The van der Waals surface area contributed by atoms with E-state index in [1.165, 1.54) is 51.4 Å². The maximum Gasteiger partial charge on any atom is 0.303 e. The maximum absolute atomic E-state index is 11.0. The first-order valence-corrected chi connectivity index (χ1v) is 14.5. The molecule has 3 N–H and O–H groups in total. The fourth-order valence-corrected chi connectivity index (χ4v) is 4.89. The Labute approximate surface area is 219 Å². The second-order valence-electron chi connectivity index (χ2n) is 10.3. The summed E-state index contributed by atoms with van der Waals surface area (Å²) < 4.78 is 0.631. The number of carboxylic acids is 3. The zero-order valence-corrected chi connectivity index (χ0v) is 22.9. The van der Waals surface area contributed by atoms with Crippen molar-refractivity contribution < 1.29 is 34.2 Å². The van der Waals surface area contributed by atoms with Gasteiger partial charge in [-0.05, 0) is 38.5 Å². The van der Waals surface area contributed by atoms with Crippen LogP contribution in [0.3, 0.4) is 0 Å². The molecule has 210 valence electrons. The van der Waals surface area contributed by atoms with Gasteiger partial charge in [0.25, 0.3) is 0 Å². The SMILES string of the molecule is CCCCCCCCC/C=C/CCCCCC[N+](CCCC(=O)O)(CCCC(=O)O)CCCC(=O)O. The van der Waals surface area contributed by atoms with Crippen molar-refractivity contribution in [1.82, 2.24) is 0 Å². The maximum atomic E-state index is 11.0. The van der Waals surface area contributed by atoms with E-state index < -0.39 is 17.9 Å². The molecule has 0 saturated carbocycles. The van der Waals surface area contributed by atoms with Crippen LogP contribution < -0.4 is 0 Å². The van der Waals surface area contributed by atoms with E-state index in [1.807, 2.05) is 0 Å². The minimum Gasteiger partial charge on any atom is -0.481 e. The van der Waals surface area contributed by atoms with E-state index in [-0.39, 0.29) is 19.3 Å². The summed E-state index contributed by atoms with van der Waals surface area (Å²) in [7, 11) is 0. The Morgan fingerprint density at radius 2 is 0.833 bits per heavy atom. The van der Waals surface area contributed by atoms with Gasteiger partial charge in [-0.15, -0.1) is 0 Å². The molecule has 7 heteroatoms. The third kappa shape index (κ3) is 22.6. The number of unbranched alkanes of at least 4 members (excludes halogenated alkanes) is 11. The number of quaternary nitrogens is 1. The van der Waals surface area contributed by atoms with E-state index in [0.717, 1.165) is 38.6 Å².